The van der Waals surface area contributed by atoms with Crippen LogP contribution in [-0.4, -0.2) is 66.0 Å². The number of benzene rings is 1. The van der Waals surface area contributed by atoms with Gasteiger partial charge in [-0.25, -0.2) is 0 Å². The van der Waals surface area contributed by atoms with Crippen LogP contribution >= 0.6 is 0 Å². The minimum absolute atomic E-state index is 0.558. The Morgan fingerprint density at radius 3 is 2.71 bits per heavy atom. The molecule has 3 rings (SSSR count). The second kappa shape index (κ2) is 9.14. The van der Waals surface area contributed by atoms with Gasteiger partial charge in [0.05, 0.1) is 19.4 Å². The molecule has 1 aromatic carbocycles. The van der Waals surface area contributed by atoms with Crippen molar-refractivity contribution in [1.82, 2.24) is 20.1 Å². The van der Waals surface area contributed by atoms with Crippen molar-refractivity contribution in [3.05, 3.63) is 42.1 Å². The number of nitrogens with one attached hydrogen (secondary N) is 2. The van der Waals surface area contributed by atoms with Crippen molar-refractivity contribution in [2.45, 2.75) is 6.42 Å². The summed E-state index contributed by atoms with van der Waals surface area (Å²) in [5.41, 5.74) is 1.29. The standard InChI is InChI=1S/C17H24N6O/c1-2-4-15(5-3-1)6-7-19-17-21-16(14-20-22-17)18-8-9-23-10-12-24-13-11-23/h1-5,14H,6-13H2,(H2,18,19,21,22). The van der Waals surface area contributed by atoms with Crippen molar-refractivity contribution in [2.24, 2.45) is 0 Å². The lowest BCUT2D eigenvalue weighted by Crippen LogP contribution is -2.39. The third-order valence-corrected chi connectivity index (χ3v) is 3.94. The summed E-state index contributed by atoms with van der Waals surface area (Å²) in [5, 5.41) is 14.6. The van der Waals surface area contributed by atoms with Gasteiger partial charge < -0.3 is 15.4 Å². The van der Waals surface area contributed by atoms with Crippen molar-refractivity contribution < 1.29 is 4.74 Å². The number of aromatic nitrogens is 3. The van der Waals surface area contributed by atoms with E-state index in [-0.39, 0.29) is 0 Å². The van der Waals surface area contributed by atoms with E-state index in [0.717, 1.165) is 58.2 Å². The largest absolute Gasteiger partial charge is 0.379 e. The smallest absolute Gasteiger partial charge is 0.244 e. The van der Waals surface area contributed by atoms with E-state index in [1.54, 1.807) is 6.20 Å². The fourth-order valence-electron chi connectivity index (χ4n) is 2.59. The molecule has 0 spiro atoms. The van der Waals surface area contributed by atoms with Crippen LogP contribution in [0.4, 0.5) is 11.8 Å². The van der Waals surface area contributed by atoms with Crippen LogP contribution in [0.15, 0.2) is 36.5 Å². The van der Waals surface area contributed by atoms with Crippen LogP contribution in [0.1, 0.15) is 5.56 Å². The second-order valence-corrected chi connectivity index (χ2v) is 5.71. The zero-order valence-electron chi connectivity index (χ0n) is 13.8. The topological polar surface area (TPSA) is 75.2 Å². The van der Waals surface area contributed by atoms with Crippen LogP contribution in [0, 0.1) is 0 Å². The van der Waals surface area contributed by atoms with Crippen LogP contribution < -0.4 is 10.6 Å². The first-order valence-electron chi connectivity index (χ1n) is 8.42. The summed E-state index contributed by atoms with van der Waals surface area (Å²) < 4.78 is 5.35. The fourth-order valence-corrected chi connectivity index (χ4v) is 2.59. The van der Waals surface area contributed by atoms with Gasteiger partial charge in [-0.3, -0.25) is 4.90 Å². The maximum Gasteiger partial charge on any atom is 0.244 e. The number of ether oxygens (including phenoxy) is 1. The summed E-state index contributed by atoms with van der Waals surface area (Å²) in [6, 6.07) is 10.4. The number of anilines is 2. The van der Waals surface area contributed by atoms with Crippen molar-refractivity contribution >= 4 is 11.8 Å². The molecule has 0 amide bonds. The molecule has 0 radical (unpaired) electrons. The summed E-state index contributed by atoms with van der Waals surface area (Å²) in [5.74, 6) is 1.31. The van der Waals surface area contributed by atoms with E-state index in [9.17, 15) is 0 Å². The Morgan fingerprint density at radius 1 is 1.04 bits per heavy atom. The predicted octanol–water partition coefficient (Wildman–Crippen LogP) is 1.27. The summed E-state index contributed by atoms with van der Waals surface area (Å²) in [6.45, 7) is 6.23. The fraction of sp³-hybridized carbons (Fsp3) is 0.471. The van der Waals surface area contributed by atoms with Gasteiger partial charge in [0, 0.05) is 32.7 Å². The van der Waals surface area contributed by atoms with E-state index in [0.29, 0.717) is 5.95 Å². The molecular formula is C17H24N6O. The van der Waals surface area contributed by atoms with Gasteiger partial charge in [0.25, 0.3) is 0 Å². The molecule has 0 saturated carbocycles. The highest BCUT2D eigenvalue weighted by molar-refractivity contribution is 5.37. The zero-order chi connectivity index (χ0) is 16.5. The Labute approximate surface area is 142 Å². The van der Waals surface area contributed by atoms with Crippen LogP contribution in [0.3, 0.4) is 0 Å². The lowest BCUT2D eigenvalue weighted by atomic mass is 10.1. The van der Waals surface area contributed by atoms with Gasteiger partial charge in [-0.05, 0) is 12.0 Å². The second-order valence-electron chi connectivity index (χ2n) is 5.71. The van der Waals surface area contributed by atoms with Crippen LogP contribution in [-0.2, 0) is 11.2 Å². The molecule has 1 saturated heterocycles. The highest BCUT2D eigenvalue weighted by Gasteiger charge is 2.09. The van der Waals surface area contributed by atoms with Crippen molar-refractivity contribution in [3.8, 4) is 0 Å². The number of rotatable bonds is 8. The molecule has 1 aliphatic heterocycles. The molecule has 1 fully saturated rings. The van der Waals surface area contributed by atoms with Gasteiger partial charge in [0.1, 0.15) is 0 Å². The summed E-state index contributed by atoms with van der Waals surface area (Å²) in [4.78, 5) is 6.83. The van der Waals surface area contributed by atoms with Gasteiger partial charge in [0.2, 0.25) is 5.95 Å². The van der Waals surface area contributed by atoms with Gasteiger partial charge in [-0.1, -0.05) is 30.3 Å². The normalized spacial score (nSPS) is 15.2. The molecule has 7 nitrogen and oxygen atoms in total. The Bertz CT molecular complexity index is 603. The third-order valence-electron chi connectivity index (χ3n) is 3.94. The van der Waals surface area contributed by atoms with Crippen LogP contribution in [0.25, 0.3) is 0 Å². The van der Waals surface area contributed by atoms with E-state index < -0.39 is 0 Å². The SMILES string of the molecule is c1ccc(CCNc2nncc(NCCN3CCOCC3)n2)cc1. The molecule has 0 unspecified atom stereocenters. The highest BCUT2D eigenvalue weighted by Crippen LogP contribution is 2.05. The quantitative estimate of drug-likeness (QED) is 0.756. The minimum Gasteiger partial charge on any atom is -0.379 e. The Balaban J connectivity index is 1.40. The van der Waals surface area contributed by atoms with Crippen molar-refractivity contribution in [3.63, 3.8) is 0 Å². The maximum absolute atomic E-state index is 5.35. The molecule has 7 heteroatoms. The molecule has 2 heterocycles. The lowest BCUT2D eigenvalue weighted by molar-refractivity contribution is 0.0398. The Morgan fingerprint density at radius 2 is 1.88 bits per heavy atom. The van der Waals surface area contributed by atoms with Gasteiger partial charge >= 0.3 is 0 Å². The monoisotopic (exact) mass is 328 g/mol. The minimum atomic E-state index is 0.558. The molecule has 24 heavy (non-hydrogen) atoms. The first-order valence-corrected chi connectivity index (χ1v) is 8.42. The molecule has 1 aromatic heterocycles. The molecule has 2 aromatic rings. The average Bonchev–Trinajstić information content (AvgIpc) is 2.64. The summed E-state index contributed by atoms with van der Waals surface area (Å²) in [6.07, 6.45) is 2.58. The number of nitrogens with zero attached hydrogens (tertiary/aromatic N) is 4. The zero-order valence-corrected chi connectivity index (χ0v) is 13.8. The van der Waals surface area contributed by atoms with Gasteiger partial charge in [0.15, 0.2) is 5.82 Å². The molecule has 0 aliphatic carbocycles. The lowest BCUT2D eigenvalue weighted by Gasteiger charge is -2.26. The molecule has 0 bridgehead atoms. The van der Waals surface area contributed by atoms with Gasteiger partial charge in [-0.15, -0.1) is 5.10 Å². The van der Waals surface area contributed by atoms with Crippen LogP contribution in [0.2, 0.25) is 0 Å². The third kappa shape index (κ3) is 5.43. The van der Waals surface area contributed by atoms with E-state index >= 15 is 0 Å². The summed E-state index contributed by atoms with van der Waals surface area (Å²) in [7, 11) is 0. The van der Waals surface area contributed by atoms with Crippen molar-refractivity contribution in [1.29, 1.82) is 0 Å². The highest BCUT2D eigenvalue weighted by atomic mass is 16.5. The summed E-state index contributed by atoms with van der Waals surface area (Å²) >= 11 is 0. The molecular weight excluding hydrogens is 304 g/mol. The van der Waals surface area contributed by atoms with E-state index in [1.807, 2.05) is 18.2 Å². The first-order chi connectivity index (χ1) is 11.9. The molecule has 0 atom stereocenters. The number of hydrogen-bond donors (Lipinski definition) is 2. The Hall–Kier alpha value is -2.25. The first kappa shape index (κ1) is 16.6. The molecule has 128 valence electrons. The van der Waals surface area contributed by atoms with Crippen LogP contribution in [0.5, 0.6) is 0 Å². The van der Waals surface area contributed by atoms with E-state index in [2.05, 4.69) is 42.8 Å². The average molecular weight is 328 g/mol. The number of hydrogen-bond acceptors (Lipinski definition) is 7. The van der Waals surface area contributed by atoms with E-state index in [1.165, 1.54) is 5.56 Å². The predicted molar refractivity (Wildman–Crippen MR) is 94.2 cm³/mol. The van der Waals surface area contributed by atoms with Crippen molar-refractivity contribution in [2.75, 3.05) is 56.6 Å². The molecule has 1 aliphatic rings. The maximum atomic E-state index is 5.35. The Kier molecular flexibility index (Phi) is 6.33. The molecule has 2 N–H and O–H groups in total. The van der Waals surface area contributed by atoms with E-state index in [4.69, 9.17) is 4.74 Å². The van der Waals surface area contributed by atoms with Gasteiger partial charge in [-0.2, -0.15) is 10.1 Å². The number of morpholine rings is 1.